The van der Waals surface area contributed by atoms with Crippen molar-refractivity contribution in [2.45, 2.75) is 26.7 Å². The highest BCUT2D eigenvalue weighted by molar-refractivity contribution is 7.11. The molecule has 1 aromatic heterocycles. The first-order valence-electron chi connectivity index (χ1n) is 4.04. The maximum Gasteiger partial charge on any atom is 0.137 e. The highest BCUT2D eigenvalue weighted by Crippen LogP contribution is 2.17. The van der Waals surface area contributed by atoms with Gasteiger partial charge >= 0.3 is 0 Å². The molecular formula is C9H14N2S. The molecule has 1 rings (SSSR count). The summed E-state index contributed by atoms with van der Waals surface area (Å²) in [6, 6.07) is 0. The number of hydrogen-bond donors (Lipinski definition) is 0. The van der Waals surface area contributed by atoms with Crippen molar-refractivity contribution >= 4 is 17.0 Å². The monoisotopic (exact) mass is 182 g/mol. The van der Waals surface area contributed by atoms with Gasteiger partial charge in [0.15, 0.2) is 0 Å². The molecule has 0 N–H and O–H groups in total. The van der Waals surface area contributed by atoms with E-state index >= 15 is 0 Å². The Hall–Kier alpha value is -0.700. The molecular weight excluding hydrogens is 168 g/mol. The smallest absolute Gasteiger partial charge is 0.137 e. The van der Waals surface area contributed by atoms with Crippen molar-refractivity contribution in [3.8, 4) is 0 Å². The van der Waals surface area contributed by atoms with Gasteiger partial charge in [-0.15, -0.1) is 11.3 Å². The van der Waals surface area contributed by atoms with E-state index in [1.807, 2.05) is 6.92 Å². The molecule has 0 radical (unpaired) electrons. The molecule has 2 nitrogen and oxygen atoms in total. The highest BCUT2D eigenvalue weighted by atomic mass is 32.1. The fourth-order valence-electron chi connectivity index (χ4n) is 0.813. The van der Waals surface area contributed by atoms with Crippen molar-refractivity contribution in [3.05, 3.63) is 16.1 Å². The van der Waals surface area contributed by atoms with Crippen molar-refractivity contribution in [3.63, 3.8) is 0 Å². The van der Waals surface area contributed by atoms with Gasteiger partial charge in [-0.05, 0) is 12.8 Å². The van der Waals surface area contributed by atoms with Crippen LogP contribution in [0.5, 0.6) is 0 Å². The summed E-state index contributed by atoms with van der Waals surface area (Å²) in [6.45, 7) is 6.29. The van der Waals surface area contributed by atoms with Gasteiger partial charge in [0.1, 0.15) is 5.01 Å². The predicted molar refractivity (Wildman–Crippen MR) is 54.3 cm³/mol. The molecule has 0 aliphatic heterocycles. The topological polar surface area (TPSA) is 25.2 Å². The van der Waals surface area contributed by atoms with Crippen molar-refractivity contribution in [1.82, 2.24) is 4.98 Å². The summed E-state index contributed by atoms with van der Waals surface area (Å²) < 4.78 is 0. The summed E-state index contributed by atoms with van der Waals surface area (Å²) in [5.74, 6) is 0.514. The Morgan fingerprint density at radius 1 is 1.58 bits per heavy atom. The molecule has 0 unspecified atom stereocenters. The second-order valence-electron chi connectivity index (χ2n) is 3.04. The molecule has 0 aromatic carbocycles. The number of aliphatic imine (C=N–C) groups is 1. The van der Waals surface area contributed by atoms with Crippen LogP contribution in [0.1, 0.15) is 37.4 Å². The first-order valence-corrected chi connectivity index (χ1v) is 4.92. The SMILES string of the molecule is CN=C(C)c1nc(C(C)C)cs1. The van der Waals surface area contributed by atoms with Crippen LogP contribution in [-0.2, 0) is 0 Å². The number of aromatic nitrogens is 1. The lowest BCUT2D eigenvalue weighted by atomic mass is 10.2. The van der Waals surface area contributed by atoms with Crippen molar-refractivity contribution < 1.29 is 0 Å². The zero-order valence-electron chi connectivity index (χ0n) is 7.96. The van der Waals surface area contributed by atoms with Crippen molar-refractivity contribution in [2.75, 3.05) is 7.05 Å². The normalized spacial score (nSPS) is 12.6. The van der Waals surface area contributed by atoms with E-state index in [9.17, 15) is 0 Å². The summed E-state index contributed by atoms with van der Waals surface area (Å²) in [5.41, 5.74) is 2.19. The minimum Gasteiger partial charge on any atom is -0.290 e. The maximum absolute atomic E-state index is 4.47. The molecule has 66 valence electrons. The van der Waals surface area contributed by atoms with Gasteiger partial charge in [-0.1, -0.05) is 13.8 Å². The third kappa shape index (κ3) is 1.91. The molecule has 0 saturated heterocycles. The molecule has 0 saturated carbocycles. The third-order valence-electron chi connectivity index (χ3n) is 1.76. The molecule has 0 bridgehead atoms. The first-order chi connectivity index (χ1) is 5.65. The Bertz CT molecular complexity index is 286. The molecule has 0 amide bonds. The van der Waals surface area contributed by atoms with Gasteiger partial charge in [-0.25, -0.2) is 4.98 Å². The Labute approximate surface area is 77.4 Å². The van der Waals surface area contributed by atoms with E-state index in [2.05, 4.69) is 29.2 Å². The van der Waals surface area contributed by atoms with Gasteiger partial charge in [0.25, 0.3) is 0 Å². The van der Waals surface area contributed by atoms with E-state index in [1.54, 1.807) is 18.4 Å². The van der Waals surface area contributed by atoms with E-state index < -0.39 is 0 Å². The molecule has 3 heteroatoms. The van der Waals surface area contributed by atoms with Crippen molar-refractivity contribution in [2.24, 2.45) is 4.99 Å². The van der Waals surface area contributed by atoms with E-state index in [0.717, 1.165) is 16.4 Å². The fraction of sp³-hybridized carbons (Fsp3) is 0.556. The van der Waals surface area contributed by atoms with Crippen LogP contribution < -0.4 is 0 Å². The zero-order chi connectivity index (χ0) is 9.14. The highest BCUT2D eigenvalue weighted by Gasteiger charge is 2.06. The average Bonchev–Trinajstić information content (AvgIpc) is 2.51. The van der Waals surface area contributed by atoms with Crippen LogP contribution in [0.25, 0.3) is 0 Å². The summed E-state index contributed by atoms with van der Waals surface area (Å²) in [5, 5.41) is 3.15. The lowest BCUT2D eigenvalue weighted by Crippen LogP contribution is -1.94. The van der Waals surface area contributed by atoms with Gasteiger partial charge < -0.3 is 0 Å². The Morgan fingerprint density at radius 3 is 2.67 bits per heavy atom. The molecule has 0 atom stereocenters. The van der Waals surface area contributed by atoms with Crippen molar-refractivity contribution in [1.29, 1.82) is 0 Å². The Morgan fingerprint density at radius 2 is 2.25 bits per heavy atom. The number of hydrogen-bond acceptors (Lipinski definition) is 3. The number of rotatable bonds is 2. The van der Waals surface area contributed by atoms with Gasteiger partial charge in [-0.3, -0.25) is 4.99 Å². The molecule has 1 aromatic rings. The second kappa shape index (κ2) is 3.81. The largest absolute Gasteiger partial charge is 0.290 e. The molecule has 0 spiro atoms. The summed E-state index contributed by atoms with van der Waals surface area (Å²) in [4.78, 5) is 8.56. The zero-order valence-corrected chi connectivity index (χ0v) is 8.77. The van der Waals surface area contributed by atoms with Crippen LogP contribution >= 0.6 is 11.3 Å². The molecule has 0 fully saturated rings. The number of nitrogens with zero attached hydrogens (tertiary/aromatic N) is 2. The Kier molecular flexibility index (Phi) is 2.98. The van der Waals surface area contributed by atoms with Crippen LogP contribution in [0.3, 0.4) is 0 Å². The molecule has 0 aliphatic rings. The Balaban J connectivity index is 2.92. The van der Waals surface area contributed by atoms with Gasteiger partial charge in [0.2, 0.25) is 0 Å². The van der Waals surface area contributed by atoms with Crippen LogP contribution in [0.15, 0.2) is 10.4 Å². The molecule has 1 heterocycles. The molecule has 12 heavy (non-hydrogen) atoms. The van der Waals surface area contributed by atoms with Gasteiger partial charge in [-0.2, -0.15) is 0 Å². The van der Waals surface area contributed by atoms with Gasteiger partial charge in [0.05, 0.1) is 11.4 Å². The van der Waals surface area contributed by atoms with Crippen LogP contribution in [-0.4, -0.2) is 17.7 Å². The summed E-state index contributed by atoms with van der Waals surface area (Å²) >= 11 is 1.67. The van der Waals surface area contributed by atoms with Gasteiger partial charge in [0, 0.05) is 12.4 Å². The minimum atomic E-state index is 0.514. The molecule has 0 aliphatic carbocycles. The lowest BCUT2D eigenvalue weighted by molar-refractivity contribution is 0.832. The number of thiazole rings is 1. The third-order valence-corrected chi connectivity index (χ3v) is 2.73. The first kappa shape index (κ1) is 9.39. The minimum absolute atomic E-state index is 0.514. The lowest BCUT2D eigenvalue weighted by Gasteiger charge is -1.96. The average molecular weight is 182 g/mol. The van der Waals surface area contributed by atoms with E-state index in [4.69, 9.17) is 0 Å². The van der Waals surface area contributed by atoms with Crippen LogP contribution in [0.2, 0.25) is 0 Å². The summed E-state index contributed by atoms with van der Waals surface area (Å²) in [6.07, 6.45) is 0. The van der Waals surface area contributed by atoms with E-state index in [-0.39, 0.29) is 0 Å². The predicted octanol–water partition coefficient (Wildman–Crippen LogP) is 2.71. The summed E-state index contributed by atoms with van der Waals surface area (Å²) in [7, 11) is 1.80. The second-order valence-corrected chi connectivity index (χ2v) is 3.90. The van der Waals surface area contributed by atoms with Crippen LogP contribution in [0, 0.1) is 0 Å². The standard InChI is InChI=1S/C9H14N2S/c1-6(2)8-5-12-9(11-8)7(3)10-4/h5-6H,1-4H3. The maximum atomic E-state index is 4.47. The van der Waals surface area contributed by atoms with E-state index in [0.29, 0.717) is 5.92 Å². The quantitative estimate of drug-likeness (QED) is 0.645. The van der Waals surface area contributed by atoms with E-state index in [1.165, 1.54) is 0 Å². The fourth-order valence-corrected chi connectivity index (χ4v) is 1.79. The van der Waals surface area contributed by atoms with Crippen LogP contribution in [0.4, 0.5) is 0 Å².